The van der Waals surface area contributed by atoms with Gasteiger partial charge in [0.2, 0.25) is 5.95 Å². The quantitative estimate of drug-likeness (QED) is 0.765. The molecule has 5 N–H and O–H groups in total. The van der Waals surface area contributed by atoms with Crippen molar-refractivity contribution in [3.8, 4) is 0 Å². The molecule has 1 saturated heterocycles. The molecule has 132 valence electrons. The van der Waals surface area contributed by atoms with Crippen molar-refractivity contribution in [2.75, 3.05) is 29.9 Å². The molecular weight excluding hydrogens is 316 g/mol. The molecule has 1 aromatic carbocycles. The third-order valence-corrected chi connectivity index (χ3v) is 4.55. The van der Waals surface area contributed by atoms with Gasteiger partial charge in [-0.2, -0.15) is 4.98 Å². The average Bonchev–Trinajstić information content (AvgIpc) is 2.61. The first-order valence-corrected chi connectivity index (χ1v) is 8.52. The van der Waals surface area contributed by atoms with Gasteiger partial charge in [-0.25, -0.2) is 4.98 Å². The predicted molar refractivity (Wildman–Crippen MR) is 99.0 cm³/mol. The molecule has 2 heterocycles. The van der Waals surface area contributed by atoms with Crippen molar-refractivity contribution >= 4 is 23.4 Å². The van der Waals surface area contributed by atoms with Gasteiger partial charge in [0.25, 0.3) is 5.91 Å². The summed E-state index contributed by atoms with van der Waals surface area (Å²) in [5, 5.41) is 3.20. The highest BCUT2D eigenvalue weighted by Crippen LogP contribution is 2.24. The molecular formula is C18H24N6O. The SMILES string of the molecule is Cc1cccc(Nc2nc(N3CCC(CN)CC3)ncc2C(N)=O)c1. The molecule has 0 spiro atoms. The van der Waals surface area contributed by atoms with Crippen molar-refractivity contribution in [1.82, 2.24) is 9.97 Å². The zero-order valence-electron chi connectivity index (χ0n) is 14.4. The van der Waals surface area contributed by atoms with E-state index in [2.05, 4.69) is 20.2 Å². The maximum atomic E-state index is 11.7. The lowest BCUT2D eigenvalue weighted by molar-refractivity contribution is 0.100. The molecule has 0 saturated carbocycles. The zero-order chi connectivity index (χ0) is 17.8. The number of nitrogens with zero attached hydrogens (tertiary/aromatic N) is 3. The predicted octanol–water partition coefficient (Wildman–Crippen LogP) is 1.80. The maximum Gasteiger partial charge on any atom is 0.254 e. The minimum Gasteiger partial charge on any atom is -0.365 e. The standard InChI is InChI=1S/C18H24N6O/c1-12-3-2-4-14(9-12)22-17-15(16(20)25)11-21-18(23-17)24-7-5-13(10-19)6-8-24/h2-4,9,11,13H,5-8,10,19H2,1H3,(H2,20,25)(H,21,22,23). The number of amides is 1. The fourth-order valence-electron chi connectivity index (χ4n) is 3.03. The zero-order valence-corrected chi connectivity index (χ0v) is 14.4. The minimum atomic E-state index is -0.552. The molecule has 0 aliphatic carbocycles. The molecule has 1 aliphatic rings. The van der Waals surface area contributed by atoms with Crippen LogP contribution in [-0.2, 0) is 0 Å². The van der Waals surface area contributed by atoms with Gasteiger partial charge in [-0.05, 0) is 49.9 Å². The van der Waals surface area contributed by atoms with Crippen molar-refractivity contribution in [2.24, 2.45) is 17.4 Å². The van der Waals surface area contributed by atoms with Crippen LogP contribution < -0.4 is 21.7 Å². The Morgan fingerprint density at radius 3 is 2.76 bits per heavy atom. The van der Waals surface area contributed by atoms with Gasteiger partial charge in [0.05, 0.1) is 0 Å². The second kappa shape index (κ2) is 7.48. The second-order valence-electron chi connectivity index (χ2n) is 6.46. The Hall–Kier alpha value is -2.67. The van der Waals surface area contributed by atoms with Crippen LogP contribution in [0.25, 0.3) is 0 Å². The second-order valence-corrected chi connectivity index (χ2v) is 6.46. The third-order valence-electron chi connectivity index (χ3n) is 4.55. The molecule has 1 amide bonds. The highest BCUT2D eigenvalue weighted by molar-refractivity contribution is 5.98. The maximum absolute atomic E-state index is 11.7. The number of rotatable bonds is 5. The number of carbonyl (C=O) groups excluding carboxylic acids is 1. The number of nitrogens with one attached hydrogen (secondary N) is 1. The number of anilines is 3. The van der Waals surface area contributed by atoms with E-state index in [0.29, 0.717) is 17.7 Å². The summed E-state index contributed by atoms with van der Waals surface area (Å²) in [4.78, 5) is 22.7. The van der Waals surface area contributed by atoms with E-state index in [1.165, 1.54) is 6.20 Å². The summed E-state index contributed by atoms with van der Waals surface area (Å²) < 4.78 is 0. The van der Waals surface area contributed by atoms with E-state index in [1.807, 2.05) is 31.2 Å². The van der Waals surface area contributed by atoms with Gasteiger partial charge in [0.1, 0.15) is 11.4 Å². The topological polar surface area (TPSA) is 110 Å². The largest absolute Gasteiger partial charge is 0.365 e. The van der Waals surface area contributed by atoms with Crippen LogP contribution in [-0.4, -0.2) is 35.5 Å². The lowest BCUT2D eigenvalue weighted by Gasteiger charge is -2.31. The highest BCUT2D eigenvalue weighted by Gasteiger charge is 2.21. The van der Waals surface area contributed by atoms with Gasteiger partial charge in [0.15, 0.2) is 0 Å². The summed E-state index contributed by atoms with van der Waals surface area (Å²) in [7, 11) is 0. The molecule has 25 heavy (non-hydrogen) atoms. The van der Waals surface area contributed by atoms with Crippen molar-refractivity contribution in [3.05, 3.63) is 41.6 Å². The van der Waals surface area contributed by atoms with Crippen LogP contribution in [0, 0.1) is 12.8 Å². The van der Waals surface area contributed by atoms with E-state index in [4.69, 9.17) is 11.5 Å². The number of hydrogen-bond acceptors (Lipinski definition) is 6. The summed E-state index contributed by atoms with van der Waals surface area (Å²) in [5.41, 5.74) is 13.5. The van der Waals surface area contributed by atoms with Crippen molar-refractivity contribution in [3.63, 3.8) is 0 Å². The molecule has 7 heteroatoms. The Morgan fingerprint density at radius 1 is 1.36 bits per heavy atom. The van der Waals surface area contributed by atoms with E-state index in [9.17, 15) is 4.79 Å². The number of aryl methyl sites for hydroxylation is 1. The van der Waals surface area contributed by atoms with E-state index >= 15 is 0 Å². The number of primary amides is 1. The van der Waals surface area contributed by atoms with Crippen LogP contribution in [0.15, 0.2) is 30.5 Å². The fourth-order valence-corrected chi connectivity index (χ4v) is 3.03. The minimum absolute atomic E-state index is 0.280. The van der Waals surface area contributed by atoms with Gasteiger partial charge in [0, 0.05) is 25.0 Å². The molecule has 1 fully saturated rings. The van der Waals surface area contributed by atoms with Crippen molar-refractivity contribution in [2.45, 2.75) is 19.8 Å². The first-order chi connectivity index (χ1) is 12.1. The number of carbonyl (C=O) groups is 1. The number of piperidine rings is 1. The normalized spacial score (nSPS) is 15.2. The highest BCUT2D eigenvalue weighted by atomic mass is 16.1. The van der Waals surface area contributed by atoms with Gasteiger partial charge in [-0.1, -0.05) is 12.1 Å². The molecule has 1 aromatic heterocycles. The Labute approximate surface area is 147 Å². The van der Waals surface area contributed by atoms with Crippen LogP contribution >= 0.6 is 0 Å². The number of nitrogens with two attached hydrogens (primary N) is 2. The van der Waals surface area contributed by atoms with Gasteiger partial charge in [-0.15, -0.1) is 0 Å². The lowest BCUT2D eigenvalue weighted by Crippen LogP contribution is -2.37. The third kappa shape index (κ3) is 4.06. The summed E-state index contributed by atoms with van der Waals surface area (Å²) >= 11 is 0. The van der Waals surface area contributed by atoms with Crippen LogP contribution in [0.4, 0.5) is 17.5 Å². The van der Waals surface area contributed by atoms with E-state index < -0.39 is 5.91 Å². The Bertz CT molecular complexity index is 755. The van der Waals surface area contributed by atoms with Crippen LogP contribution in [0.2, 0.25) is 0 Å². The number of aromatic nitrogens is 2. The first-order valence-electron chi connectivity index (χ1n) is 8.52. The summed E-state index contributed by atoms with van der Waals surface area (Å²) in [5.74, 6) is 1.05. The lowest BCUT2D eigenvalue weighted by atomic mass is 9.97. The Kier molecular flexibility index (Phi) is 5.14. The first kappa shape index (κ1) is 17.2. The molecule has 0 unspecified atom stereocenters. The van der Waals surface area contributed by atoms with Crippen molar-refractivity contribution < 1.29 is 4.79 Å². The average molecular weight is 340 g/mol. The summed E-state index contributed by atoms with van der Waals surface area (Å²) in [6.45, 7) is 4.45. The van der Waals surface area contributed by atoms with Gasteiger partial charge < -0.3 is 21.7 Å². The molecule has 0 radical (unpaired) electrons. The molecule has 3 rings (SSSR count). The number of hydrogen-bond donors (Lipinski definition) is 3. The van der Waals surface area contributed by atoms with E-state index in [-0.39, 0.29) is 5.56 Å². The van der Waals surface area contributed by atoms with Crippen LogP contribution in [0.5, 0.6) is 0 Å². The van der Waals surface area contributed by atoms with Crippen LogP contribution in [0.1, 0.15) is 28.8 Å². The number of benzene rings is 1. The molecule has 0 atom stereocenters. The van der Waals surface area contributed by atoms with E-state index in [1.54, 1.807) is 0 Å². The Balaban J connectivity index is 1.86. The molecule has 7 nitrogen and oxygen atoms in total. The van der Waals surface area contributed by atoms with Gasteiger partial charge >= 0.3 is 0 Å². The molecule has 0 bridgehead atoms. The Morgan fingerprint density at radius 2 is 2.12 bits per heavy atom. The fraction of sp³-hybridized carbons (Fsp3) is 0.389. The summed E-state index contributed by atoms with van der Waals surface area (Å²) in [6.07, 6.45) is 3.55. The van der Waals surface area contributed by atoms with E-state index in [0.717, 1.165) is 43.7 Å². The molecule has 1 aliphatic heterocycles. The molecule has 2 aromatic rings. The smallest absolute Gasteiger partial charge is 0.254 e. The van der Waals surface area contributed by atoms with Crippen molar-refractivity contribution in [1.29, 1.82) is 0 Å². The van der Waals surface area contributed by atoms with Crippen LogP contribution in [0.3, 0.4) is 0 Å². The monoisotopic (exact) mass is 340 g/mol. The summed E-state index contributed by atoms with van der Waals surface area (Å²) in [6, 6.07) is 7.86. The van der Waals surface area contributed by atoms with Gasteiger partial charge in [-0.3, -0.25) is 4.79 Å².